The molecule has 0 aliphatic rings. The van der Waals surface area contributed by atoms with Crippen molar-refractivity contribution in [3.05, 3.63) is 17.5 Å². The molecule has 1 aromatic rings. The molecule has 0 spiro atoms. The van der Waals surface area contributed by atoms with Crippen molar-refractivity contribution in [2.75, 3.05) is 5.33 Å². The third kappa shape index (κ3) is 3.33. The van der Waals surface area contributed by atoms with Crippen LogP contribution >= 0.6 is 15.9 Å². The van der Waals surface area contributed by atoms with Gasteiger partial charge in [-0.05, 0) is 27.2 Å². The first kappa shape index (κ1) is 13.2. The molecular weight excluding hydrogens is 270 g/mol. The van der Waals surface area contributed by atoms with Gasteiger partial charge in [0, 0.05) is 24.1 Å². The standard InChI is InChI=1S/C11H18BrN3O/c1-8-9(7-15(4)14-8)10(16)13-11(2,3)5-6-12/h7H,5-6H2,1-4H3,(H,13,16). The Hall–Kier alpha value is -0.840. The minimum absolute atomic E-state index is 0.0587. The predicted octanol–water partition coefficient (Wildman–Crippen LogP) is 2.02. The molecule has 0 aromatic carbocycles. The number of rotatable bonds is 4. The maximum absolute atomic E-state index is 12.0. The van der Waals surface area contributed by atoms with E-state index in [1.165, 1.54) is 0 Å². The molecule has 90 valence electrons. The van der Waals surface area contributed by atoms with Crippen LogP contribution in [-0.2, 0) is 7.05 Å². The van der Waals surface area contributed by atoms with Crippen LogP contribution in [0.5, 0.6) is 0 Å². The van der Waals surface area contributed by atoms with Crippen molar-refractivity contribution in [1.29, 1.82) is 0 Å². The van der Waals surface area contributed by atoms with E-state index < -0.39 is 0 Å². The van der Waals surface area contributed by atoms with E-state index in [1.807, 2.05) is 27.8 Å². The summed E-state index contributed by atoms with van der Waals surface area (Å²) in [6.45, 7) is 5.86. The van der Waals surface area contributed by atoms with Crippen LogP contribution in [-0.4, -0.2) is 26.6 Å². The number of nitrogens with one attached hydrogen (secondary N) is 1. The van der Waals surface area contributed by atoms with E-state index in [4.69, 9.17) is 0 Å². The minimum Gasteiger partial charge on any atom is -0.347 e. The van der Waals surface area contributed by atoms with E-state index in [0.29, 0.717) is 5.56 Å². The highest BCUT2D eigenvalue weighted by Gasteiger charge is 2.22. The molecule has 4 nitrogen and oxygen atoms in total. The summed E-state index contributed by atoms with van der Waals surface area (Å²) in [5.41, 5.74) is 1.20. The summed E-state index contributed by atoms with van der Waals surface area (Å²) < 4.78 is 1.65. The monoisotopic (exact) mass is 287 g/mol. The van der Waals surface area contributed by atoms with Crippen LogP contribution < -0.4 is 5.32 Å². The number of halogens is 1. The van der Waals surface area contributed by atoms with Gasteiger partial charge < -0.3 is 5.32 Å². The first-order chi connectivity index (χ1) is 7.35. The first-order valence-electron chi connectivity index (χ1n) is 5.24. The molecule has 0 saturated heterocycles. The maximum atomic E-state index is 12.0. The minimum atomic E-state index is -0.205. The number of hydrogen-bond donors (Lipinski definition) is 1. The van der Waals surface area contributed by atoms with Gasteiger partial charge in [-0.3, -0.25) is 9.48 Å². The number of aryl methyl sites for hydroxylation is 2. The van der Waals surface area contributed by atoms with Gasteiger partial charge >= 0.3 is 0 Å². The zero-order valence-corrected chi connectivity index (χ0v) is 11.8. The van der Waals surface area contributed by atoms with Gasteiger partial charge in [0.25, 0.3) is 5.91 Å². The van der Waals surface area contributed by atoms with E-state index in [-0.39, 0.29) is 11.4 Å². The van der Waals surface area contributed by atoms with E-state index in [1.54, 1.807) is 10.9 Å². The Morgan fingerprint density at radius 2 is 2.25 bits per heavy atom. The Morgan fingerprint density at radius 1 is 1.62 bits per heavy atom. The second kappa shape index (κ2) is 4.99. The zero-order valence-electron chi connectivity index (χ0n) is 10.2. The van der Waals surface area contributed by atoms with Crippen LogP contribution in [0.1, 0.15) is 36.3 Å². The van der Waals surface area contributed by atoms with Gasteiger partial charge in [0.05, 0.1) is 11.3 Å². The van der Waals surface area contributed by atoms with Crippen LogP contribution in [0.4, 0.5) is 0 Å². The molecule has 1 amide bonds. The van der Waals surface area contributed by atoms with Crippen molar-refractivity contribution in [1.82, 2.24) is 15.1 Å². The van der Waals surface area contributed by atoms with Crippen LogP contribution in [0.25, 0.3) is 0 Å². The Morgan fingerprint density at radius 3 is 2.69 bits per heavy atom. The van der Waals surface area contributed by atoms with Gasteiger partial charge in [0.1, 0.15) is 0 Å². The van der Waals surface area contributed by atoms with Crippen molar-refractivity contribution in [2.24, 2.45) is 7.05 Å². The third-order valence-electron chi connectivity index (χ3n) is 2.43. The van der Waals surface area contributed by atoms with Crippen LogP contribution in [0.2, 0.25) is 0 Å². The second-order valence-corrected chi connectivity index (χ2v) is 5.37. The summed E-state index contributed by atoms with van der Waals surface area (Å²) in [5.74, 6) is -0.0587. The number of alkyl halides is 1. The van der Waals surface area contributed by atoms with Crippen molar-refractivity contribution in [3.63, 3.8) is 0 Å². The first-order valence-corrected chi connectivity index (χ1v) is 6.36. The number of carbonyl (C=O) groups excluding carboxylic acids is 1. The molecule has 16 heavy (non-hydrogen) atoms. The summed E-state index contributed by atoms with van der Waals surface area (Å²) in [7, 11) is 1.81. The van der Waals surface area contributed by atoms with E-state index in [2.05, 4.69) is 26.3 Å². The molecule has 1 heterocycles. The van der Waals surface area contributed by atoms with E-state index in [9.17, 15) is 4.79 Å². The average Bonchev–Trinajstić information content (AvgIpc) is 2.44. The molecule has 1 rings (SSSR count). The highest BCUT2D eigenvalue weighted by molar-refractivity contribution is 9.09. The number of aromatic nitrogens is 2. The summed E-state index contributed by atoms with van der Waals surface area (Å²) in [4.78, 5) is 12.0. The molecule has 0 unspecified atom stereocenters. The van der Waals surface area contributed by atoms with Crippen molar-refractivity contribution in [2.45, 2.75) is 32.7 Å². The lowest BCUT2D eigenvalue weighted by Gasteiger charge is -2.25. The summed E-state index contributed by atoms with van der Waals surface area (Å²) in [6.07, 6.45) is 2.63. The number of amides is 1. The highest BCUT2D eigenvalue weighted by Crippen LogP contribution is 2.12. The van der Waals surface area contributed by atoms with Crippen molar-refractivity contribution < 1.29 is 4.79 Å². The molecule has 0 radical (unpaired) electrons. The highest BCUT2D eigenvalue weighted by atomic mass is 79.9. The molecule has 0 fully saturated rings. The fraction of sp³-hybridized carbons (Fsp3) is 0.636. The number of carbonyl (C=O) groups is 1. The summed E-state index contributed by atoms with van der Waals surface area (Å²) >= 11 is 3.38. The lowest BCUT2D eigenvalue weighted by Crippen LogP contribution is -2.43. The molecule has 0 saturated carbocycles. The lowest BCUT2D eigenvalue weighted by molar-refractivity contribution is 0.0911. The van der Waals surface area contributed by atoms with Crippen molar-refractivity contribution >= 4 is 21.8 Å². The quantitative estimate of drug-likeness (QED) is 0.862. The second-order valence-electron chi connectivity index (χ2n) is 4.58. The molecule has 1 aromatic heterocycles. The van der Waals surface area contributed by atoms with Crippen LogP contribution in [0.15, 0.2) is 6.20 Å². The Labute approximate surface area is 105 Å². The van der Waals surface area contributed by atoms with Crippen molar-refractivity contribution in [3.8, 4) is 0 Å². The van der Waals surface area contributed by atoms with Gasteiger partial charge in [0.15, 0.2) is 0 Å². The van der Waals surface area contributed by atoms with Gasteiger partial charge in [-0.1, -0.05) is 15.9 Å². The average molecular weight is 288 g/mol. The predicted molar refractivity (Wildman–Crippen MR) is 67.9 cm³/mol. The van der Waals surface area contributed by atoms with Crippen LogP contribution in [0, 0.1) is 6.92 Å². The summed E-state index contributed by atoms with van der Waals surface area (Å²) in [6, 6.07) is 0. The smallest absolute Gasteiger partial charge is 0.255 e. The normalized spacial score (nSPS) is 11.6. The maximum Gasteiger partial charge on any atom is 0.255 e. The fourth-order valence-electron chi connectivity index (χ4n) is 1.50. The molecule has 0 aliphatic heterocycles. The molecule has 0 aliphatic carbocycles. The lowest BCUT2D eigenvalue weighted by atomic mass is 10.0. The molecule has 0 bridgehead atoms. The SMILES string of the molecule is Cc1nn(C)cc1C(=O)NC(C)(C)CCBr. The van der Waals surface area contributed by atoms with E-state index >= 15 is 0 Å². The number of hydrogen-bond acceptors (Lipinski definition) is 2. The third-order valence-corrected chi connectivity index (χ3v) is 2.83. The van der Waals surface area contributed by atoms with Gasteiger partial charge in [-0.15, -0.1) is 0 Å². The van der Waals surface area contributed by atoms with E-state index in [0.717, 1.165) is 17.4 Å². The van der Waals surface area contributed by atoms with Gasteiger partial charge in [-0.25, -0.2) is 0 Å². The Balaban J connectivity index is 2.76. The molecule has 1 N–H and O–H groups in total. The topological polar surface area (TPSA) is 46.9 Å². The van der Waals surface area contributed by atoms with Crippen LogP contribution in [0.3, 0.4) is 0 Å². The zero-order chi connectivity index (χ0) is 12.3. The molecule has 0 atom stereocenters. The Bertz CT molecular complexity index is 385. The largest absolute Gasteiger partial charge is 0.347 e. The molecule has 5 heteroatoms. The molecular formula is C11H18BrN3O. The van der Waals surface area contributed by atoms with Gasteiger partial charge in [-0.2, -0.15) is 5.10 Å². The van der Waals surface area contributed by atoms with Gasteiger partial charge in [0.2, 0.25) is 0 Å². The Kier molecular flexibility index (Phi) is 4.13. The fourth-order valence-corrected chi connectivity index (χ4v) is 2.49. The number of nitrogens with zero attached hydrogens (tertiary/aromatic N) is 2. The summed E-state index contributed by atoms with van der Waals surface area (Å²) in [5, 5.41) is 8.03.